The maximum atomic E-state index is 11.3. The summed E-state index contributed by atoms with van der Waals surface area (Å²) in [6, 6.07) is 0. The number of aromatic amines is 2. The first-order chi connectivity index (χ1) is 7.80. The molecule has 0 spiro atoms. The highest BCUT2D eigenvalue weighted by molar-refractivity contribution is 5.66. The Hall–Kier alpha value is -2.12. The van der Waals surface area contributed by atoms with E-state index in [0.29, 0.717) is 6.42 Å². The molecule has 8 nitrogen and oxygen atoms in total. The molecule has 0 atom stereocenters. The lowest BCUT2D eigenvalue weighted by molar-refractivity contribution is -0.137. The second-order valence-electron chi connectivity index (χ2n) is 4.26. The summed E-state index contributed by atoms with van der Waals surface area (Å²) in [5, 5.41) is 17.0. The number of nitrogens with zero attached hydrogens (tertiary/aromatic N) is 1. The number of anilines is 1. The van der Waals surface area contributed by atoms with Crippen molar-refractivity contribution >= 4 is 11.8 Å². The first-order valence-electron chi connectivity index (χ1n) is 4.99. The summed E-state index contributed by atoms with van der Waals surface area (Å²) >= 11 is 0. The van der Waals surface area contributed by atoms with Gasteiger partial charge in [0.05, 0.1) is 0 Å². The Labute approximate surface area is 96.1 Å². The van der Waals surface area contributed by atoms with Gasteiger partial charge in [0.1, 0.15) is 0 Å². The second kappa shape index (κ2) is 4.81. The van der Waals surface area contributed by atoms with Crippen molar-refractivity contribution in [2.45, 2.75) is 32.2 Å². The Morgan fingerprint density at radius 1 is 1.47 bits per heavy atom. The number of aromatic nitrogens is 3. The van der Waals surface area contributed by atoms with Crippen LogP contribution in [0.15, 0.2) is 9.59 Å². The van der Waals surface area contributed by atoms with Gasteiger partial charge in [0, 0.05) is 12.0 Å². The lowest BCUT2D eigenvalue weighted by Gasteiger charge is -2.25. The van der Waals surface area contributed by atoms with Crippen LogP contribution < -0.4 is 16.6 Å². The molecule has 0 aromatic carbocycles. The zero-order valence-electron chi connectivity index (χ0n) is 9.53. The van der Waals surface area contributed by atoms with Crippen LogP contribution in [0.4, 0.5) is 5.82 Å². The van der Waals surface area contributed by atoms with E-state index in [-0.39, 0.29) is 12.2 Å². The van der Waals surface area contributed by atoms with Crippen LogP contribution in [0, 0.1) is 0 Å². The third-order valence-corrected chi connectivity index (χ3v) is 2.13. The van der Waals surface area contributed by atoms with E-state index in [9.17, 15) is 14.4 Å². The summed E-state index contributed by atoms with van der Waals surface area (Å²) in [7, 11) is 0. The first-order valence-corrected chi connectivity index (χ1v) is 4.99. The number of carboxylic acid groups (broad SMARTS) is 1. The zero-order valence-corrected chi connectivity index (χ0v) is 9.53. The Balaban J connectivity index is 2.79. The number of hydrogen-bond donors (Lipinski definition) is 4. The first kappa shape index (κ1) is 12.9. The van der Waals surface area contributed by atoms with Crippen molar-refractivity contribution in [1.29, 1.82) is 0 Å². The number of hydrogen-bond acceptors (Lipinski definition) is 5. The standard InChI is InChI=1S/C9H14N4O4/c1-9(2,4-3-5(14)15)11-6-7(16)10-8(17)13-12-6/h3-4H2,1-2H3,(H,11,12)(H,14,15)(H2,10,13,16,17). The molecule has 0 aliphatic carbocycles. The largest absolute Gasteiger partial charge is 0.481 e. The van der Waals surface area contributed by atoms with Crippen molar-refractivity contribution in [2.24, 2.45) is 0 Å². The van der Waals surface area contributed by atoms with Crippen LogP contribution in [0.1, 0.15) is 26.7 Å². The Kier molecular flexibility index (Phi) is 3.66. The lowest BCUT2D eigenvalue weighted by atomic mass is 9.98. The molecular weight excluding hydrogens is 228 g/mol. The lowest BCUT2D eigenvalue weighted by Crippen LogP contribution is -2.37. The molecule has 1 aromatic rings. The monoisotopic (exact) mass is 242 g/mol. The summed E-state index contributed by atoms with van der Waals surface area (Å²) in [5.74, 6) is -0.955. The molecule has 4 N–H and O–H groups in total. The zero-order chi connectivity index (χ0) is 13.1. The minimum atomic E-state index is -0.914. The van der Waals surface area contributed by atoms with Gasteiger partial charge in [-0.2, -0.15) is 0 Å². The van der Waals surface area contributed by atoms with E-state index in [0.717, 1.165) is 0 Å². The number of rotatable bonds is 5. The van der Waals surface area contributed by atoms with E-state index >= 15 is 0 Å². The van der Waals surface area contributed by atoms with Crippen LogP contribution in [-0.2, 0) is 4.79 Å². The van der Waals surface area contributed by atoms with Gasteiger partial charge in [0.2, 0.25) is 5.82 Å². The van der Waals surface area contributed by atoms with E-state index < -0.39 is 22.8 Å². The van der Waals surface area contributed by atoms with Crippen molar-refractivity contribution in [2.75, 3.05) is 5.32 Å². The molecule has 0 bridgehead atoms. The van der Waals surface area contributed by atoms with Gasteiger partial charge in [-0.25, -0.2) is 9.89 Å². The average Bonchev–Trinajstić information content (AvgIpc) is 2.20. The van der Waals surface area contributed by atoms with Crippen LogP contribution in [0.3, 0.4) is 0 Å². The van der Waals surface area contributed by atoms with Crippen LogP contribution in [-0.4, -0.2) is 31.8 Å². The van der Waals surface area contributed by atoms with Crippen molar-refractivity contribution in [3.63, 3.8) is 0 Å². The van der Waals surface area contributed by atoms with Crippen LogP contribution in [0.5, 0.6) is 0 Å². The molecular formula is C9H14N4O4. The van der Waals surface area contributed by atoms with Gasteiger partial charge in [0.15, 0.2) is 0 Å². The highest BCUT2D eigenvalue weighted by Crippen LogP contribution is 2.15. The molecule has 0 radical (unpaired) electrons. The van der Waals surface area contributed by atoms with Gasteiger partial charge in [-0.15, -0.1) is 5.10 Å². The molecule has 0 unspecified atom stereocenters. The van der Waals surface area contributed by atoms with Crippen molar-refractivity contribution < 1.29 is 9.90 Å². The van der Waals surface area contributed by atoms with Crippen molar-refractivity contribution in [3.8, 4) is 0 Å². The average molecular weight is 242 g/mol. The SMILES string of the molecule is CC(C)(CCC(=O)O)Nc1n[nH]c(=O)[nH]c1=O. The van der Waals surface area contributed by atoms with Gasteiger partial charge < -0.3 is 10.4 Å². The van der Waals surface area contributed by atoms with Gasteiger partial charge in [-0.1, -0.05) is 0 Å². The summed E-state index contributed by atoms with van der Waals surface area (Å²) in [5.41, 5.74) is -1.95. The molecule has 0 aliphatic heterocycles. The number of H-pyrrole nitrogens is 2. The maximum absolute atomic E-state index is 11.3. The minimum absolute atomic E-state index is 0.0265. The quantitative estimate of drug-likeness (QED) is 0.551. The van der Waals surface area contributed by atoms with Crippen molar-refractivity contribution in [1.82, 2.24) is 15.2 Å². The van der Waals surface area contributed by atoms with Gasteiger partial charge in [-0.05, 0) is 20.3 Å². The second-order valence-corrected chi connectivity index (χ2v) is 4.26. The van der Waals surface area contributed by atoms with E-state index in [2.05, 4.69) is 15.5 Å². The summed E-state index contributed by atoms with van der Waals surface area (Å²) in [6.07, 6.45) is 0.295. The highest BCUT2D eigenvalue weighted by Gasteiger charge is 2.20. The molecule has 94 valence electrons. The molecule has 8 heteroatoms. The fourth-order valence-electron chi connectivity index (χ4n) is 1.23. The van der Waals surface area contributed by atoms with E-state index in [1.54, 1.807) is 13.8 Å². The van der Waals surface area contributed by atoms with E-state index in [4.69, 9.17) is 5.11 Å². The van der Waals surface area contributed by atoms with Gasteiger partial charge in [0.25, 0.3) is 5.56 Å². The molecule has 0 amide bonds. The third kappa shape index (κ3) is 4.09. The maximum Gasteiger partial charge on any atom is 0.342 e. The Morgan fingerprint density at radius 2 is 2.12 bits per heavy atom. The Bertz CT molecular complexity index is 516. The van der Waals surface area contributed by atoms with E-state index in [1.807, 2.05) is 4.98 Å². The minimum Gasteiger partial charge on any atom is -0.481 e. The molecule has 1 heterocycles. The summed E-state index contributed by atoms with van der Waals surface area (Å²) in [6.45, 7) is 3.48. The third-order valence-electron chi connectivity index (χ3n) is 2.13. The molecule has 0 aliphatic rings. The molecule has 0 fully saturated rings. The smallest absolute Gasteiger partial charge is 0.342 e. The van der Waals surface area contributed by atoms with E-state index in [1.165, 1.54) is 0 Å². The molecule has 1 rings (SSSR count). The molecule has 0 saturated carbocycles. The Morgan fingerprint density at radius 3 is 2.65 bits per heavy atom. The molecule has 1 aromatic heterocycles. The normalized spacial score (nSPS) is 11.2. The van der Waals surface area contributed by atoms with Crippen LogP contribution in [0.2, 0.25) is 0 Å². The highest BCUT2D eigenvalue weighted by atomic mass is 16.4. The summed E-state index contributed by atoms with van der Waals surface area (Å²) in [4.78, 5) is 34.6. The fraction of sp³-hybridized carbons (Fsp3) is 0.556. The van der Waals surface area contributed by atoms with Crippen molar-refractivity contribution in [3.05, 3.63) is 20.8 Å². The van der Waals surface area contributed by atoms with Crippen LogP contribution >= 0.6 is 0 Å². The predicted molar refractivity (Wildman–Crippen MR) is 60.0 cm³/mol. The number of nitrogens with one attached hydrogen (secondary N) is 3. The van der Waals surface area contributed by atoms with Gasteiger partial charge >= 0.3 is 11.7 Å². The molecule has 0 saturated heterocycles. The van der Waals surface area contributed by atoms with Gasteiger partial charge in [-0.3, -0.25) is 14.6 Å². The van der Waals surface area contributed by atoms with Crippen LogP contribution in [0.25, 0.3) is 0 Å². The number of aliphatic carboxylic acids is 1. The molecule has 17 heavy (non-hydrogen) atoms. The number of carbonyl (C=O) groups is 1. The fourth-order valence-corrected chi connectivity index (χ4v) is 1.23. The predicted octanol–water partition coefficient (Wildman–Crippen LogP) is -0.486. The summed E-state index contributed by atoms with van der Waals surface area (Å²) < 4.78 is 0. The topological polar surface area (TPSA) is 128 Å². The number of carboxylic acids is 1.